The van der Waals surface area contributed by atoms with Crippen LogP contribution < -0.4 is 20.7 Å². The lowest BCUT2D eigenvalue weighted by atomic mass is 10.3. The lowest BCUT2D eigenvalue weighted by Crippen LogP contribution is -2.15. The average Bonchev–Trinajstić information content (AvgIpc) is 2.41. The molecule has 0 fully saturated rings. The largest absolute Gasteiger partial charge is 0.461 e. The molecule has 0 atom stereocenters. The van der Waals surface area contributed by atoms with Crippen LogP contribution in [0.4, 0.5) is 14.7 Å². The summed E-state index contributed by atoms with van der Waals surface area (Å²) < 4.78 is 36.8. The number of rotatable bonds is 5. The molecule has 112 valence electrons. The van der Waals surface area contributed by atoms with Crippen LogP contribution in [0.25, 0.3) is 0 Å². The highest BCUT2D eigenvalue weighted by Gasteiger charge is 2.13. The van der Waals surface area contributed by atoms with Gasteiger partial charge in [-0.15, -0.1) is 4.98 Å². The zero-order chi connectivity index (χ0) is 15.4. The van der Waals surface area contributed by atoms with E-state index in [1.807, 2.05) is 0 Å². The van der Waals surface area contributed by atoms with Crippen molar-refractivity contribution in [1.29, 1.82) is 0 Å². The van der Waals surface area contributed by atoms with Crippen LogP contribution in [0.1, 0.15) is 13.8 Å². The van der Waals surface area contributed by atoms with Gasteiger partial charge in [0.15, 0.2) is 11.6 Å². The highest BCUT2D eigenvalue weighted by molar-refractivity contribution is 5.30. The second-order valence-electron chi connectivity index (χ2n) is 4.21. The number of hydrogen-bond acceptors (Lipinski definition) is 7. The van der Waals surface area contributed by atoms with Crippen LogP contribution in [0.2, 0.25) is 0 Å². The van der Waals surface area contributed by atoms with Gasteiger partial charge in [0, 0.05) is 6.07 Å². The summed E-state index contributed by atoms with van der Waals surface area (Å²) in [5.41, 5.74) is 2.21. The Hall–Kier alpha value is -2.55. The Balaban J connectivity index is 2.29. The van der Waals surface area contributed by atoms with Crippen molar-refractivity contribution in [1.82, 2.24) is 15.0 Å². The van der Waals surface area contributed by atoms with E-state index >= 15 is 0 Å². The summed E-state index contributed by atoms with van der Waals surface area (Å²) in [5.74, 6) is 3.37. The molecule has 0 unspecified atom stereocenters. The summed E-state index contributed by atoms with van der Waals surface area (Å²) in [6, 6.07) is 2.58. The number of nitrogens with one attached hydrogen (secondary N) is 1. The monoisotopic (exact) mass is 297 g/mol. The van der Waals surface area contributed by atoms with Crippen LogP contribution in [-0.2, 0) is 0 Å². The zero-order valence-corrected chi connectivity index (χ0v) is 11.3. The van der Waals surface area contributed by atoms with E-state index in [0.29, 0.717) is 6.07 Å². The quantitative estimate of drug-likeness (QED) is 0.643. The SMILES string of the molecule is CC(C)Oc1nc(NN)nc(Oc2ccc(F)cc2F)n1. The first kappa shape index (κ1) is 14.9. The van der Waals surface area contributed by atoms with Crippen LogP contribution in [0.3, 0.4) is 0 Å². The molecule has 0 amide bonds. The van der Waals surface area contributed by atoms with E-state index in [2.05, 4.69) is 20.4 Å². The highest BCUT2D eigenvalue weighted by Crippen LogP contribution is 2.24. The number of halogens is 2. The van der Waals surface area contributed by atoms with Gasteiger partial charge in [0.2, 0.25) is 5.95 Å². The van der Waals surface area contributed by atoms with E-state index in [4.69, 9.17) is 15.3 Å². The molecule has 9 heteroatoms. The van der Waals surface area contributed by atoms with E-state index in [0.717, 1.165) is 12.1 Å². The molecule has 7 nitrogen and oxygen atoms in total. The summed E-state index contributed by atoms with van der Waals surface area (Å²) in [6.45, 7) is 3.55. The second-order valence-corrected chi connectivity index (χ2v) is 4.21. The van der Waals surface area contributed by atoms with Gasteiger partial charge in [-0.3, -0.25) is 5.43 Å². The predicted molar refractivity (Wildman–Crippen MR) is 69.8 cm³/mol. The summed E-state index contributed by atoms with van der Waals surface area (Å²) in [7, 11) is 0. The Kier molecular flexibility index (Phi) is 4.43. The Morgan fingerprint density at radius 3 is 2.48 bits per heavy atom. The topological polar surface area (TPSA) is 95.2 Å². The van der Waals surface area contributed by atoms with Gasteiger partial charge >= 0.3 is 12.0 Å². The van der Waals surface area contributed by atoms with Crippen LogP contribution in [0.5, 0.6) is 17.8 Å². The van der Waals surface area contributed by atoms with Crippen LogP contribution in [0.15, 0.2) is 18.2 Å². The fourth-order valence-electron chi connectivity index (χ4n) is 1.37. The molecular weight excluding hydrogens is 284 g/mol. The van der Waals surface area contributed by atoms with Crippen molar-refractivity contribution in [2.45, 2.75) is 20.0 Å². The molecule has 0 saturated carbocycles. The molecule has 0 aliphatic heterocycles. The molecule has 21 heavy (non-hydrogen) atoms. The molecule has 0 bridgehead atoms. The Labute approximate surface area is 119 Å². The summed E-state index contributed by atoms with van der Waals surface area (Å²) in [4.78, 5) is 11.5. The van der Waals surface area contributed by atoms with Crippen molar-refractivity contribution in [3.05, 3.63) is 29.8 Å². The number of hydrogen-bond donors (Lipinski definition) is 2. The Morgan fingerprint density at radius 2 is 1.86 bits per heavy atom. The third kappa shape index (κ3) is 3.96. The van der Waals surface area contributed by atoms with Gasteiger partial charge in [0.05, 0.1) is 6.10 Å². The minimum Gasteiger partial charge on any atom is -0.461 e. The first-order chi connectivity index (χ1) is 9.97. The van der Waals surface area contributed by atoms with Gasteiger partial charge in [-0.05, 0) is 26.0 Å². The van der Waals surface area contributed by atoms with Crippen molar-refractivity contribution in [3.63, 3.8) is 0 Å². The molecule has 1 aromatic carbocycles. The average molecular weight is 297 g/mol. The lowest BCUT2D eigenvalue weighted by molar-refractivity contribution is 0.218. The van der Waals surface area contributed by atoms with Gasteiger partial charge in [0.1, 0.15) is 5.82 Å². The van der Waals surface area contributed by atoms with Crippen molar-refractivity contribution in [2.75, 3.05) is 5.43 Å². The summed E-state index contributed by atoms with van der Waals surface area (Å²) in [6.07, 6.45) is -0.187. The van der Waals surface area contributed by atoms with Crippen molar-refractivity contribution in [2.24, 2.45) is 5.84 Å². The number of ether oxygens (including phenoxy) is 2. The molecule has 0 saturated heterocycles. The van der Waals surface area contributed by atoms with Gasteiger partial charge in [0.25, 0.3) is 0 Å². The molecule has 0 spiro atoms. The van der Waals surface area contributed by atoms with Crippen LogP contribution >= 0.6 is 0 Å². The normalized spacial score (nSPS) is 10.6. The number of nitrogen functional groups attached to an aromatic ring is 1. The minimum absolute atomic E-state index is 0.0156. The molecule has 1 heterocycles. The number of benzene rings is 1. The molecule has 2 aromatic rings. The van der Waals surface area contributed by atoms with Crippen molar-refractivity contribution >= 4 is 5.95 Å². The van der Waals surface area contributed by atoms with Gasteiger partial charge in [-0.2, -0.15) is 9.97 Å². The van der Waals surface area contributed by atoms with Crippen molar-refractivity contribution in [3.8, 4) is 17.8 Å². The fraction of sp³-hybridized carbons (Fsp3) is 0.250. The van der Waals surface area contributed by atoms with Gasteiger partial charge in [-0.1, -0.05) is 0 Å². The van der Waals surface area contributed by atoms with Gasteiger partial charge < -0.3 is 9.47 Å². The number of nitrogens with zero attached hydrogens (tertiary/aromatic N) is 3. The number of anilines is 1. The Bertz CT molecular complexity index is 639. The fourth-order valence-corrected chi connectivity index (χ4v) is 1.37. The number of nitrogens with two attached hydrogens (primary N) is 1. The maximum absolute atomic E-state index is 13.5. The molecule has 1 aromatic heterocycles. The first-order valence-corrected chi connectivity index (χ1v) is 6.00. The van der Waals surface area contributed by atoms with Crippen LogP contribution in [-0.4, -0.2) is 21.1 Å². The molecule has 3 N–H and O–H groups in total. The molecule has 0 aliphatic rings. The van der Waals surface area contributed by atoms with Gasteiger partial charge in [-0.25, -0.2) is 14.6 Å². The third-order valence-corrected chi connectivity index (χ3v) is 2.16. The standard InChI is InChI=1S/C12H13F2N5O2/c1-6(2)20-11-16-10(19-15)17-12(18-11)21-9-4-3-7(13)5-8(9)14/h3-6H,15H2,1-2H3,(H,16,17,18,19). The zero-order valence-electron chi connectivity index (χ0n) is 11.3. The number of hydrazine groups is 1. The van der Waals surface area contributed by atoms with E-state index < -0.39 is 11.6 Å². The van der Waals surface area contributed by atoms with E-state index in [1.54, 1.807) is 13.8 Å². The van der Waals surface area contributed by atoms with E-state index in [1.165, 1.54) is 0 Å². The van der Waals surface area contributed by atoms with Crippen LogP contribution in [0, 0.1) is 11.6 Å². The molecule has 0 radical (unpaired) electrons. The maximum Gasteiger partial charge on any atom is 0.330 e. The first-order valence-electron chi connectivity index (χ1n) is 6.00. The summed E-state index contributed by atoms with van der Waals surface area (Å²) >= 11 is 0. The molecular formula is C12H13F2N5O2. The Morgan fingerprint density at radius 1 is 1.14 bits per heavy atom. The lowest BCUT2D eigenvalue weighted by Gasteiger charge is -2.10. The highest BCUT2D eigenvalue weighted by atomic mass is 19.1. The smallest absolute Gasteiger partial charge is 0.330 e. The maximum atomic E-state index is 13.5. The molecule has 2 rings (SSSR count). The summed E-state index contributed by atoms with van der Waals surface area (Å²) in [5, 5.41) is 0. The minimum atomic E-state index is -0.885. The predicted octanol–water partition coefficient (Wildman–Crippen LogP) is 2.01. The van der Waals surface area contributed by atoms with E-state index in [-0.39, 0.29) is 29.8 Å². The number of aromatic nitrogens is 3. The van der Waals surface area contributed by atoms with Crippen molar-refractivity contribution < 1.29 is 18.3 Å². The third-order valence-electron chi connectivity index (χ3n) is 2.16. The molecule has 0 aliphatic carbocycles. The van der Waals surface area contributed by atoms with E-state index in [9.17, 15) is 8.78 Å². The second kappa shape index (κ2) is 6.27.